The van der Waals surface area contributed by atoms with Crippen molar-refractivity contribution in [3.63, 3.8) is 0 Å². The third kappa shape index (κ3) is 4.05. The van der Waals surface area contributed by atoms with Crippen molar-refractivity contribution in [1.82, 2.24) is 14.8 Å². The Morgan fingerprint density at radius 1 is 1.25 bits per heavy atom. The van der Waals surface area contributed by atoms with Crippen LogP contribution in [0.5, 0.6) is 5.75 Å². The van der Waals surface area contributed by atoms with Gasteiger partial charge in [0.1, 0.15) is 5.75 Å². The van der Waals surface area contributed by atoms with Gasteiger partial charge in [0.25, 0.3) is 0 Å². The Morgan fingerprint density at radius 2 is 2.00 bits per heavy atom. The molecule has 2 aliphatic rings. The summed E-state index contributed by atoms with van der Waals surface area (Å²) in [5.41, 5.74) is 1.67. The number of aliphatic carboxylic acids is 1. The molecule has 0 aliphatic carbocycles. The number of hydrogen-bond acceptors (Lipinski definition) is 5. The summed E-state index contributed by atoms with van der Waals surface area (Å²) in [6, 6.07) is 4.02. The smallest absolute Gasteiger partial charge is 0.307 e. The van der Waals surface area contributed by atoms with Crippen molar-refractivity contribution < 1.29 is 15.0 Å². The van der Waals surface area contributed by atoms with Gasteiger partial charge in [-0.2, -0.15) is 0 Å². The van der Waals surface area contributed by atoms with Crippen LogP contribution < -0.4 is 0 Å². The second kappa shape index (κ2) is 7.49. The molecule has 0 aromatic carbocycles. The quantitative estimate of drug-likeness (QED) is 0.876. The Bertz CT molecular complexity index is 585. The van der Waals surface area contributed by atoms with Crippen LogP contribution in [0, 0.1) is 12.8 Å². The molecule has 0 amide bonds. The minimum Gasteiger partial charge on any atom is -0.506 e. The van der Waals surface area contributed by atoms with Crippen molar-refractivity contribution >= 4 is 5.97 Å². The molecule has 1 aromatic heterocycles. The number of pyridine rings is 1. The summed E-state index contributed by atoms with van der Waals surface area (Å²) in [4.78, 5) is 20.4. The van der Waals surface area contributed by atoms with Crippen molar-refractivity contribution in [1.29, 1.82) is 0 Å². The molecule has 3 heterocycles. The van der Waals surface area contributed by atoms with Gasteiger partial charge >= 0.3 is 5.97 Å². The summed E-state index contributed by atoms with van der Waals surface area (Å²) < 4.78 is 0. The van der Waals surface area contributed by atoms with Gasteiger partial charge in [-0.3, -0.25) is 19.6 Å². The van der Waals surface area contributed by atoms with Crippen molar-refractivity contribution in [2.24, 2.45) is 5.92 Å². The van der Waals surface area contributed by atoms with E-state index in [1.165, 1.54) is 0 Å². The maximum atomic E-state index is 11.2. The minimum atomic E-state index is -0.655. The first kappa shape index (κ1) is 17.2. The van der Waals surface area contributed by atoms with Gasteiger partial charge < -0.3 is 10.2 Å². The third-order valence-electron chi connectivity index (χ3n) is 5.34. The summed E-state index contributed by atoms with van der Waals surface area (Å²) in [5, 5.41) is 19.2. The number of aryl methyl sites for hydroxylation is 1. The summed E-state index contributed by atoms with van der Waals surface area (Å²) in [6.07, 6.45) is 3.90. The highest BCUT2D eigenvalue weighted by Crippen LogP contribution is 2.25. The topological polar surface area (TPSA) is 76.9 Å². The van der Waals surface area contributed by atoms with Gasteiger partial charge in [-0.1, -0.05) is 0 Å². The first-order valence-electron chi connectivity index (χ1n) is 8.87. The zero-order valence-electron chi connectivity index (χ0n) is 14.3. The molecular weight excluding hydrogens is 306 g/mol. The SMILES string of the molecule is Cc1ccc(O)c(CN2CCC(N3CCC[C@@H](C(=O)O)C3)CC2)n1. The standard InChI is InChI=1S/C18H27N3O3/c1-13-4-5-17(22)16(19-13)12-20-9-6-15(7-10-20)21-8-2-3-14(11-21)18(23)24/h4-5,14-15,22H,2-3,6-12H2,1H3,(H,23,24)/t14-/m1/s1. The molecule has 0 saturated carbocycles. The Hall–Kier alpha value is -1.66. The second-order valence-electron chi connectivity index (χ2n) is 7.10. The molecule has 0 radical (unpaired) electrons. The average molecular weight is 333 g/mol. The zero-order chi connectivity index (χ0) is 17.1. The van der Waals surface area contributed by atoms with Gasteiger partial charge in [-0.05, 0) is 51.3 Å². The van der Waals surface area contributed by atoms with E-state index in [4.69, 9.17) is 0 Å². The second-order valence-corrected chi connectivity index (χ2v) is 7.10. The first-order valence-corrected chi connectivity index (χ1v) is 8.87. The van der Waals surface area contributed by atoms with E-state index in [1.807, 2.05) is 13.0 Å². The van der Waals surface area contributed by atoms with Crippen molar-refractivity contribution in [2.75, 3.05) is 26.2 Å². The molecule has 1 aromatic rings. The lowest BCUT2D eigenvalue weighted by atomic mass is 9.94. The third-order valence-corrected chi connectivity index (χ3v) is 5.34. The number of piperidine rings is 2. The van der Waals surface area contributed by atoms with E-state index >= 15 is 0 Å². The van der Waals surface area contributed by atoms with Crippen LogP contribution in [0.4, 0.5) is 0 Å². The zero-order valence-corrected chi connectivity index (χ0v) is 14.3. The molecule has 1 atom stereocenters. The van der Waals surface area contributed by atoms with Gasteiger partial charge in [0, 0.05) is 37.9 Å². The number of aromatic hydroxyl groups is 1. The molecular formula is C18H27N3O3. The molecule has 6 nitrogen and oxygen atoms in total. The van der Waals surface area contributed by atoms with Gasteiger partial charge in [-0.25, -0.2) is 0 Å². The van der Waals surface area contributed by atoms with Crippen LogP contribution in [0.25, 0.3) is 0 Å². The molecule has 3 rings (SSSR count). The van der Waals surface area contributed by atoms with Crippen molar-refractivity contribution in [3.8, 4) is 5.75 Å². The molecule has 2 aliphatic heterocycles. The van der Waals surface area contributed by atoms with Crippen molar-refractivity contribution in [2.45, 2.75) is 45.2 Å². The highest BCUT2D eigenvalue weighted by atomic mass is 16.4. The number of carbonyl (C=O) groups is 1. The van der Waals surface area contributed by atoms with E-state index in [2.05, 4.69) is 14.8 Å². The Morgan fingerprint density at radius 3 is 2.71 bits per heavy atom. The predicted molar refractivity (Wildman–Crippen MR) is 90.9 cm³/mol. The van der Waals surface area contributed by atoms with E-state index in [0.717, 1.165) is 56.7 Å². The lowest BCUT2D eigenvalue weighted by Gasteiger charge is -2.41. The van der Waals surface area contributed by atoms with Gasteiger partial charge in [0.15, 0.2) is 0 Å². The van der Waals surface area contributed by atoms with Crippen LogP contribution in [-0.4, -0.2) is 63.2 Å². The first-order chi connectivity index (χ1) is 11.5. The van der Waals surface area contributed by atoms with E-state index in [-0.39, 0.29) is 11.7 Å². The van der Waals surface area contributed by atoms with Crippen LogP contribution in [0.2, 0.25) is 0 Å². The molecule has 2 saturated heterocycles. The number of aromatic nitrogens is 1. The van der Waals surface area contributed by atoms with E-state index in [1.54, 1.807) is 6.07 Å². The summed E-state index contributed by atoms with van der Waals surface area (Å²) >= 11 is 0. The summed E-state index contributed by atoms with van der Waals surface area (Å²) in [6.45, 7) is 6.26. The van der Waals surface area contributed by atoms with Gasteiger partial charge in [0.05, 0.1) is 11.6 Å². The fourth-order valence-corrected chi connectivity index (χ4v) is 3.91. The lowest BCUT2D eigenvalue weighted by Crippen LogP contribution is -2.49. The van der Waals surface area contributed by atoms with Gasteiger partial charge in [-0.15, -0.1) is 0 Å². The monoisotopic (exact) mass is 333 g/mol. The Balaban J connectivity index is 1.52. The number of likely N-dealkylation sites (tertiary alicyclic amines) is 2. The fourth-order valence-electron chi connectivity index (χ4n) is 3.91. The van der Waals surface area contributed by atoms with Crippen molar-refractivity contribution in [3.05, 3.63) is 23.5 Å². The average Bonchev–Trinajstić information content (AvgIpc) is 2.59. The van der Waals surface area contributed by atoms with Crippen LogP contribution >= 0.6 is 0 Å². The molecule has 2 fully saturated rings. The van der Waals surface area contributed by atoms with Crippen LogP contribution in [0.1, 0.15) is 37.1 Å². The van der Waals surface area contributed by atoms with Crippen LogP contribution in [0.3, 0.4) is 0 Å². The van der Waals surface area contributed by atoms with E-state index < -0.39 is 5.97 Å². The molecule has 0 unspecified atom stereocenters. The number of carboxylic acid groups (broad SMARTS) is 1. The summed E-state index contributed by atoms with van der Waals surface area (Å²) in [5.74, 6) is -0.591. The normalized spacial score (nSPS) is 24.1. The van der Waals surface area contributed by atoms with E-state index in [9.17, 15) is 15.0 Å². The maximum Gasteiger partial charge on any atom is 0.307 e. The largest absolute Gasteiger partial charge is 0.506 e. The van der Waals surface area contributed by atoms with Crippen LogP contribution in [-0.2, 0) is 11.3 Å². The fraction of sp³-hybridized carbons (Fsp3) is 0.667. The highest BCUT2D eigenvalue weighted by Gasteiger charge is 2.31. The Labute approximate surface area is 143 Å². The molecule has 0 spiro atoms. The molecule has 132 valence electrons. The number of hydrogen-bond donors (Lipinski definition) is 2. The molecule has 2 N–H and O–H groups in total. The van der Waals surface area contributed by atoms with Crippen LogP contribution in [0.15, 0.2) is 12.1 Å². The number of carboxylic acids is 1. The number of rotatable bonds is 4. The van der Waals surface area contributed by atoms with Gasteiger partial charge in [0.2, 0.25) is 0 Å². The van der Waals surface area contributed by atoms with E-state index in [0.29, 0.717) is 19.1 Å². The Kier molecular flexibility index (Phi) is 5.36. The maximum absolute atomic E-state index is 11.2. The lowest BCUT2D eigenvalue weighted by molar-refractivity contribution is -0.144. The summed E-state index contributed by atoms with van der Waals surface area (Å²) in [7, 11) is 0. The predicted octanol–water partition coefficient (Wildman–Crippen LogP) is 1.86. The molecule has 0 bridgehead atoms. The molecule has 6 heteroatoms. The molecule has 24 heavy (non-hydrogen) atoms. The minimum absolute atomic E-state index is 0.203. The number of nitrogens with zero attached hydrogens (tertiary/aromatic N) is 3. The highest BCUT2D eigenvalue weighted by molar-refractivity contribution is 5.70.